The summed E-state index contributed by atoms with van der Waals surface area (Å²) in [5, 5.41) is 2.11. The Hall–Kier alpha value is -2.81. The van der Waals surface area contributed by atoms with Gasteiger partial charge in [-0.15, -0.1) is 11.8 Å². The first kappa shape index (κ1) is 18.5. The van der Waals surface area contributed by atoms with Crippen molar-refractivity contribution in [2.75, 3.05) is 18.8 Å². The van der Waals surface area contributed by atoms with Gasteiger partial charge in [0.25, 0.3) is 5.91 Å². The van der Waals surface area contributed by atoms with Crippen LogP contribution in [0.25, 0.3) is 0 Å². The molecule has 0 unspecified atom stereocenters. The van der Waals surface area contributed by atoms with E-state index in [1.807, 2.05) is 0 Å². The van der Waals surface area contributed by atoms with E-state index in [1.165, 1.54) is 35.9 Å². The lowest BCUT2D eigenvalue weighted by atomic mass is 9.99. The minimum atomic E-state index is -1.36. The predicted molar refractivity (Wildman–Crippen MR) is 99.6 cm³/mol. The van der Waals surface area contributed by atoms with Gasteiger partial charge < -0.3 is 14.6 Å². The second-order valence-corrected chi connectivity index (χ2v) is 7.94. The van der Waals surface area contributed by atoms with Crippen LogP contribution in [0.3, 0.4) is 0 Å². The Bertz CT molecular complexity index is 935. The van der Waals surface area contributed by atoms with Crippen LogP contribution >= 0.6 is 11.8 Å². The maximum absolute atomic E-state index is 14.2. The zero-order chi connectivity index (χ0) is 19.9. The molecule has 1 N–H and O–H groups in total. The van der Waals surface area contributed by atoms with Crippen molar-refractivity contribution in [3.8, 4) is 0 Å². The maximum Gasteiger partial charge on any atom is 0.325 e. The Balaban J connectivity index is 1.53. The molecule has 28 heavy (non-hydrogen) atoms. The fraction of sp³-hybridized carbons (Fsp3) is 0.316. The summed E-state index contributed by atoms with van der Waals surface area (Å²) in [6, 6.07) is 8.85. The highest BCUT2D eigenvalue weighted by atomic mass is 32.2. The number of rotatable bonds is 4. The standard InChI is InChI=1S/C19H18FN3O4S/c1-19(14-7-4-9-27-14)17(25)23(18(26)21-19)11-15(24)22-8-10-28-16(22)12-5-2-3-6-13(12)20/h2-7,9,16H,8,10-11H2,1H3,(H,21,26)/t16-,19-/m0/s1. The molecule has 0 saturated carbocycles. The van der Waals surface area contributed by atoms with Crippen molar-refractivity contribution in [2.45, 2.75) is 17.8 Å². The lowest BCUT2D eigenvalue weighted by Crippen LogP contribution is -2.44. The molecule has 146 valence electrons. The molecule has 2 atom stereocenters. The van der Waals surface area contributed by atoms with Crippen LogP contribution in [0.4, 0.5) is 9.18 Å². The molecule has 2 aliphatic heterocycles. The molecule has 4 amide bonds. The average Bonchev–Trinajstić information content (AvgIpc) is 3.40. The summed E-state index contributed by atoms with van der Waals surface area (Å²) in [5.74, 6) is -0.419. The molecule has 2 fully saturated rings. The molecule has 2 saturated heterocycles. The Morgan fingerprint density at radius 3 is 2.82 bits per heavy atom. The molecule has 0 radical (unpaired) electrons. The van der Waals surface area contributed by atoms with E-state index in [0.717, 1.165) is 4.90 Å². The maximum atomic E-state index is 14.2. The van der Waals surface area contributed by atoms with Gasteiger partial charge in [0.15, 0.2) is 5.54 Å². The fourth-order valence-corrected chi connectivity index (χ4v) is 4.75. The van der Waals surface area contributed by atoms with Gasteiger partial charge in [0, 0.05) is 17.9 Å². The van der Waals surface area contributed by atoms with Crippen LogP contribution in [-0.2, 0) is 15.1 Å². The summed E-state index contributed by atoms with van der Waals surface area (Å²) in [6.45, 7) is 1.54. The number of nitrogens with one attached hydrogen (secondary N) is 1. The quantitative estimate of drug-likeness (QED) is 0.793. The van der Waals surface area contributed by atoms with Crippen molar-refractivity contribution < 1.29 is 23.2 Å². The monoisotopic (exact) mass is 403 g/mol. The van der Waals surface area contributed by atoms with E-state index in [4.69, 9.17) is 4.42 Å². The van der Waals surface area contributed by atoms with Gasteiger partial charge in [-0.05, 0) is 25.1 Å². The summed E-state index contributed by atoms with van der Waals surface area (Å²) < 4.78 is 19.5. The molecule has 7 nitrogen and oxygen atoms in total. The second kappa shape index (κ2) is 6.97. The van der Waals surface area contributed by atoms with E-state index in [0.29, 0.717) is 23.6 Å². The smallest absolute Gasteiger partial charge is 0.325 e. The highest BCUT2D eigenvalue weighted by Gasteiger charge is 2.52. The molecule has 9 heteroatoms. The van der Waals surface area contributed by atoms with Crippen LogP contribution in [0.2, 0.25) is 0 Å². The van der Waals surface area contributed by atoms with Gasteiger partial charge in [-0.3, -0.25) is 14.5 Å². The average molecular weight is 403 g/mol. The number of urea groups is 1. The summed E-state index contributed by atoms with van der Waals surface area (Å²) >= 11 is 1.45. The number of nitrogens with zero attached hydrogens (tertiary/aromatic N) is 2. The lowest BCUT2D eigenvalue weighted by Gasteiger charge is -2.26. The number of furan rings is 1. The normalized spacial score (nSPS) is 24.7. The molecule has 1 aromatic carbocycles. The summed E-state index contributed by atoms with van der Waals surface area (Å²) in [4.78, 5) is 40.5. The SMILES string of the molecule is C[C@@]1(c2ccco2)NC(=O)N(CC(=O)N2CCS[C@H]2c2ccccc2F)C1=O. The molecule has 0 aliphatic carbocycles. The zero-order valence-electron chi connectivity index (χ0n) is 15.1. The van der Waals surface area contributed by atoms with Crippen LogP contribution < -0.4 is 5.32 Å². The number of imide groups is 1. The van der Waals surface area contributed by atoms with Crippen LogP contribution in [0.15, 0.2) is 47.1 Å². The summed E-state index contributed by atoms with van der Waals surface area (Å²) in [5.41, 5.74) is -0.943. The predicted octanol–water partition coefficient (Wildman–Crippen LogP) is 2.46. The first-order valence-corrected chi connectivity index (χ1v) is 9.80. The minimum absolute atomic E-state index is 0.293. The molecule has 3 heterocycles. The number of carbonyl (C=O) groups excluding carboxylic acids is 3. The van der Waals surface area contributed by atoms with Crippen molar-refractivity contribution in [3.05, 3.63) is 59.8 Å². The summed E-state index contributed by atoms with van der Waals surface area (Å²) in [7, 11) is 0. The molecule has 0 bridgehead atoms. The van der Waals surface area contributed by atoms with Crippen molar-refractivity contribution in [2.24, 2.45) is 0 Å². The van der Waals surface area contributed by atoms with Gasteiger partial charge in [-0.25, -0.2) is 9.18 Å². The van der Waals surface area contributed by atoms with E-state index in [2.05, 4.69) is 5.32 Å². The third kappa shape index (κ3) is 2.95. The number of hydrogen-bond donors (Lipinski definition) is 1. The lowest BCUT2D eigenvalue weighted by molar-refractivity contribution is -0.139. The molecular weight excluding hydrogens is 385 g/mol. The van der Waals surface area contributed by atoms with Gasteiger partial charge in [-0.1, -0.05) is 18.2 Å². The van der Waals surface area contributed by atoms with Crippen molar-refractivity contribution in [1.29, 1.82) is 0 Å². The number of hydrogen-bond acceptors (Lipinski definition) is 5. The largest absolute Gasteiger partial charge is 0.466 e. The van der Waals surface area contributed by atoms with Gasteiger partial charge in [0.05, 0.1) is 6.26 Å². The van der Waals surface area contributed by atoms with E-state index in [-0.39, 0.29) is 5.82 Å². The topological polar surface area (TPSA) is 82.9 Å². The van der Waals surface area contributed by atoms with Gasteiger partial charge in [0.2, 0.25) is 5.91 Å². The Kier molecular flexibility index (Phi) is 4.62. The minimum Gasteiger partial charge on any atom is -0.466 e. The molecule has 0 spiro atoms. The number of thioether (sulfide) groups is 1. The molecule has 4 rings (SSSR count). The van der Waals surface area contributed by atoms with Crippen LogP contribution in [0.5, 0.6) is 0 Å². The third-order valence-corrected chi connectivity index (χ3v) is 6.21. The van der Waals surface area contributed by atoms with E-state index < -0.39 is 35.3 Å². The first-order chi connectivity index (χ1) is 13.4. The molecule has 2 aromatic rings. The highest BCUT2D eigenvalue weighted by molar-refractivity contribution is 7.99. The Morgan fingerprint density at radius 1 is 1.32 bits per heavy atom. The molecule has 2 aliphatic rings. The second-order valence-electron chi connectivity index (χ2n) is 6.76. The Morgan fingerprint density at radius 2 is 2.11 bits per heavy atom. The van der Waals surface area contributed by atoms with Crippen LogP contribution in [-0.4, -0.2) is 46.5 Å². The van der Waals surface area contributed by atoms with Crippen LogP contribution in [0, 0.1) is 5.82 Å². The molecule has 1 aromatic heterocycles. The number of amides is 4. The van der Waals surface area contributed by atoms with Gasteiger partial charge in [0.1, 0.15) is 23.5 Å². The van der Waals surface area contributed by atoms with Crippen molar-refractivity contribution >= 4 is 29.6 Å². The summed E-state index contributed by atoms with van der Waals surface area (Å²) in [6.07, 6.45) is 1.41. The van der Waals surface area contributed by atoms with Crippen LogP contribution in [0.1, 0.15) is 23.6 Å². The van der Waals surface area contributed by atoms with Crippen molar-refractivity contribution in [1.82, 2.24) is 15.1 Å². The van der Waals surface area contributed by atoms with Gasteiger partial charge in [-0.2, -0.15) is 0 Å². The first-order valence-electron chi connectivity index (χ1n) is 8.75. The molecular formula is C19H18FN3O4S. The number of carbonyl (C=O) groups is 3. The Labute approximate surface area is 164 Å². The van der Waals surface area contributed by atoms with E-state index >= 15 is 0 Å². The number of benzene rings is 1. The third-order valence-electron chi connectivity index (χ3n) is 4.96. The van der Waals surface area contributed by atoms with Gasteiger partial charge >= 0.3 is 6.03 Å². The van der Waals surface area contributed by atoms with E-state index in [9.17, 15) is 18.8 Å². The number of halogens is 1. The zero-order valence-corrected chi connectivity index (χ0v) is 15.9. The van der Waals surface area contributed by atoms with E-state index in [1.54, 1.807) is 30.3 Å². The fourth-order valence-electron chi connectivity index (χ4n) is 3.46. The highest BCUT2D eigenvalue weighted by Crippen LogP contribution is 2.39. The van der Waals surface area contributed by atoms with Crippen molar-refractivity contribution in [3.63, 3.8) is 0 Å².